The Kier molecular flexibility index (Phi) is 3.39. The minimum absolute atomic E-state index is 0.178. The Bertz CT molecular complexity index is 788. The van der Waals surface area contributed by atoms with Gasteiger partial charge in [0, 0.05) is 12.4 Å². The third-order valence-electron chi connectivity index (χ3n) is 2.83. The topological polar surface area (TPSA) is 73.1 Å². The lowest BCUT2D eigenvalue weighted by Crippen LogP contribution is -2.04. The van der Waals surface area contributed by atoms with Crippen molar-refractivity contribution in [3.05, 3.63) is 30.1 Å². The molecule has 0 amide bonds. The number of hydrogen-bond donors (Lipinski definition) is 1. The molecular formula is C14H13FN4O2. The van der Waals surface area contributed by atoms with Crippen molar-refractivity contribution in [3.63, 3.8) is 0 Å². The first-order chi connectivity index (χ1) is 10.2. The van der Waals surface area contributed by atoms with Crippen LogP contribution in [0.2, 0.25) is 0 Å². The molecule has 0 unspecified atom stereocenters. The lowest BCUT2D eigenvalue weighted by molar-refractivity contribution is 0.312. The van der Waals surface area contributed by atoms with E-state index in [1.807, 2.05) is 6.92 Å². The SMILES string of the molecule is CCOc1nc(NC)nc(-c2cc3cccc(F)c3o2)n1. The van der Waals surface area contributed by atoms with E-state index in [2.05, 4.69) is 20.3 Å². The highest BCUT2D eigenvalue weighted by Gasteiger charge is 2.14. The molecule has 0 fully saturated rings. The summed E-state index contributed by atoms with van der Waals surface area (Å²) in [6, 6.07) is 6.59. The zero-order valence-electron chi connectivity index (χ0n) is 11.6. The van der Waals surface area contributed by atoms with E-state index in [9.17, 15) is 4.39 Å². The van der Waals surface area contributed by atoms with Gasteiger partial charge in [0.15, 0.2) is 17.2 Å². The van der Waals surface area contributed by atoms with E-state index in [4.69, 9.17) is 9.15 Å². The number of nitrogens with one attached hydrogen (secondary N) is 1. The maximum atomic E-state index is 13.7. The van der Waals surface area contributed by atoms with Crippen LogP contribution in [0.25, 0.3) is 22.6 Å². The van der Waals surface area contributed by atoms with Gasteiger partial charge < -0.3 is 14.5 Å². The fraction of sp³-hybridized carbons (Fsp3) is 0.214. The second-order valence-electron chi connectivity index (χ2n) is 4.22. The third-order valence-corrected chi connectivity index (χ3v) is 2.83. The molecule has 2 heterocycles. The normalized spacial score (nSPS) is 10.8. The summed E-state index contributed by atoms with van der Waals surface area (Å²) in [6.07, 6.45) is 0. The summed E-state index contributed by atoms with van der Waals surface area (Å²) >= 11 is 0. The summed E-state index contributed by atoms with van der Waals surface area (Å²) in [6.45, 7) is 2.26. The molecule has 21 heavy (non-hydrogen) atoms. The molecule has 7 heteroatoms. The average molecular weight is 288 g/mol. The minimum atomic E-state index is -0.424. The molecule has 0 saturated carbocycles. The number of benzene rings is 1. The lowest BCUT2D eigenvalue weighted by Gasteiger charge is -2.04. The number of furan rings is 1. The predicted octanol–water partition coefficient (Wildman–Crippen LogP) is 2.86. The van der Waals surface area contributed by atoms with E-state index in [-0.39, 0.29) is 17.4 Å². The number of aromatic nitrogens is 3. The summed E-state index contributed by atoms with van der Waals surface area (Å²) in [5.74, 6) is 0.569. The molecule has 0 aliphatic rings. The van der Waals surface area contributed by atoms with E-state index in [0.29, 0.717) is 23.7 Å². The molecule has 0 saturated heterocycles. The maximum Gasteiger partial charge on any atom is 0.321 e. The number of nitrogens with zero attached hydrogens (tertiary/aromatic N) is 3. The number of para-hydroxylation sites is 1. The van der Waals surface area contributed by atoms with Gasteiger partial charge in [-0.15, -0.1) is 0 Å². The highest BCUT2D eigenvalue weighted by Crippen LogP contribution is 2.28. The van der Waals surface area contributed by atoms with Crippen molar-refractivity contribution in [2.75, 3.05) is 19.0 Å². The number of halogens is 1. The Hall–Kier alpha value is -2.70. The van der Waals surface area contributed by atoms with Crippen LogP contribution in [0, 0.1) is 5.82 Å². The molecule has 2 aromatic heterocycles. The van der Waals surface area contributed by atoms with Crippen LogP contribution in [0.1, 0.15) is 6.92 Å². The van der Waals surface area contributed by atoms with Crippen LogP contribution < -0.4 is 10.1 Å². The van der Waals surface area contributed by atoms with Crippen LogP contribution in [0.3, 0.4) is 0 Å². The molecule has 0 atom stereocenters. The Labute approximate surface area is 120 Å². The molecule has 0 spiro atoms. The van der Waals surface area contributed by atoms with Gasteiger partial charge in [0.1, 0.15) is 0 Å². The van der Waals surface area contributed by atoms with Gasteiger partial charge in [0.05, 0.1) is 6.61 Å². The summed E-state index contributed by atoms with van der Waals surface area (Å²) < 4.78 is 24.5. The summed E-state index contributed by atoms with van der Waals surface area (Å²) in [5.41, 5.74) is 0.178. The second kappa shape index (κ2) is 5.35. The van der Waals surface area contributed by atoms with E-state index in [1.165, 1.54) is 6.07 Å². The number of ether oxygens (including phenoxy) is 1. The Balaban J connectivity index is 2.12. The highest BCUT2D eigenvalue weighted by molar-refractivity contribution is 5.82. The average Bonchev–Trinajstić information content (AvgIpc) is 2.93. The zero-order valence-corrected chi connectivity index (χ0v) is 11.6. The van der Waals surface area contributed by atoms with Gasteiger partial charge in [-0.05, 0) is 19.1 Å². The lowest BCUT2D eigenvalue weighted by atomic mass is 10.2. The van der Waals surface area contributed by atoms with Crippen molar-refractivity contribution in [2.45, 2.75) is 6.92 Å². The Morgan fingerprint density at radius 3 is 2.86 bits per heavy atom. The zero-order chi connectivity index (χ0) is 14.8. The van der Waals surface area contributed by atoms with Gasteiger partial charge in [-0.3, -0.25) is 0 Å². The third kappa shape index (κ3) is 2.49. The first-order valence-electron chi connectivity index (χ1n) is 6.46. The molecule has 6 nitrogen and oxygen atoms in total. The van der Waals surface area contributed by atoms with Crippen molar-refractivity contribution in [3.8, 4) is 17.6 Å². The summed E-state index contributed by atoms with van der Waals surface area (Å²) in [4.78, 5) is 12.4. The Morgan fingerprint density at radius 1 is 1.29 bits per heavy atom. The molecule has 108 valence electrons. The van der Waals surface area contributed by atoms with Crippen molar-refractivity contribution in [2.24, 2.45) is 0 Å². The molecule has 3 aromatic rings. The van der Waals surface area contributed by atoms with Crippen LogP contribution in [-0.2, 0) is 0 Å². The van der Waals surface area contributed by atoms with Gasteiger partial charge in [-0.1, -0.05) is 12.1 Å². The van der Waals surface area contributed by atoms with Crippen molar-refractivity contribution in [1.29, 1.82) is 0 Å². The molecule has 3 rings (SSSR count). The quantitative estimate of drug-likeness (QED) is 0.795. The van der Waals surface area contributed by atoms with Crippen molar-refractivity contribution >= 4 is 16.9 Å². The van der Waals surface area contributed by atoms with Gasteiger partial charge in [0.2, 0.25) is 11.8 Å². The van der Waals surface area contributed by atoms with Crippen LogP contribution in [-0.4, -0.2) is 28.6 Å². The van der Waals surface area contributed by atoms with Crippen LogP contribution in [0.4, 0.5) is 10.3 Å². The minimum Gasteiger partial charge on any atom is -0.464 e. The number of anilines is 1. The van der Waals surface area contributed by atoms with Gasteiger partial charge >= 0.3 is 6.01 Å². The van der Waals surface area contributed by atoms with E-state index < -0.39 is 5.82 Å². The smallest absolute Gasteiger partial charge is 0.321 e. The molecule has 0 radical (unpaired) electrons. The first-order valence-corrected chi connectivity index (χ1v) is 6.46. The molecule has 0 aliphatic carbocycles. The van der Waals surface area contributed by atoms with E-state index in [0.717, 1.165) is 0 Å². The predicted molar refractivity (Wildman–Crippen MR) is 75.7 cm³/mol. The highest BCUT2D eigenvalue weighted by atomic mass is 19.1. The largest absolute Gasteiger partial charge is 0.464 e. The monoisotopic (exact) mass is 288 g/mol. The number of hydrogen-bond acceptors (Lipinski definition) is 6. The summed E-state index contributed by atoms with van der Waals surface area (Å²) in [5, 5.41) is 3.47. The maximum absolute atomic E-state index is 13.7. The van der Waals surface area contributed by atoms with Gasteiger partial charge in [-0.2, -0.15) is 15.0 Å². The van der Waals surface area contributed by atoms with E-state index in [1.54, 1.807) is 25.2 Å². The van der Waals surface area contributed by atoms with Crippen LogP contribution in [0.5, 0.6) is 6.01 Å². The van der Waals surface area contributed by atoms with Gasteiger partial charge in [-0.25, -0.2) is 4.39 Å². The molecular weight excluding hydrogens is 275 g/mol. The summed E-state index contributed by atoms with van der Waals surface area (Å²) in [7, 11) is 1.69. The number of fused-ring (bicyclic) bond motifs is 1. The Morgan fingerprint density at radius 2 is 2.14 bits per heavy atom. The standard InChI is InChI=1S/C14H13FN4O2/c1-3-20-14-18-12(17-13(16-2)19-14)10-7-8-5-4-6-9(15)11(8)21-10/h4-7H,3H2,1-2H3,(H,16,17,18,19). The van der Waals surface area contributed by atoms with Crippen molar-refractivity contribution in [1.82, 2.24) is 15.0 Å². The molecule has 0 aliphatic heterocycles. The van der Waals surface area contributed by atoms with Gasteiger partial charge in [0.25, 0.3) is 0 Å². The number of rotatable bonds is 4. The first kappa shape index (κ1) is 13.3. The van der Waals surface area contributed by atoms with Crippen LogP contribution in [0.15, 0.2) is 28.7 Å². The van der Waals surface area contributed by atoms with Crippen LogP contribution >= 0.6 is 0 Å². The molecule has 1 aromatic carbocycles. The van der Waals surface area contributed by atoms with E-state index >= 15 is 0 Å². The molecule has 1 N–H and O–H groups in total. The fourth-order valence-electron chi connectivity index (χ4n) is 1.91. The fourth-order valence-corrected chi connectivity index (χ4v) is 1.91. The molecule has 0 bridgehead atoms. The second-order valence-corrected chi connectivity index (χ2v) is 4.22. The van der Waals surface area contributed by atoms with Crippen molar-refractivity contribution < 1.29 is 13.5 Å².